The lowest BCUT2D eigenvalue weighted by molar-refractivity contribution is -0.386. The highest BCUT2D eigenvalue weighted by Crippen LogP contribution is 2.28. The average molecular weight is 315 g/mol. The van der Waals surface area contributed by atoms with Gasteiger partial charge in [0.05, 0.1) is 23.9 Å². The van der Waals surface area contributed by atoms with Crippen LogP contribution in [0, 0.1) is 24.0 Å². The highest BCUT2D eigenvalue weighted by molar-refractivity contribution is 5.76. The second kappa shape index (κ2) is 7.35. The Kier molecular flexibility index (Phi) is 5.24. The number of nitrogens with zero attached hydrogens (tertiary/aromatic N) is 3. The lowest BCUT2D eigenvalue weighted by Gasteiger charge is -2.07. The Morgan fingerprint density at radius 1 is 1.35 bits per heavy atom. The van der Waals surface area contributed by atoms with Gasteiger partial charge in [-0.15, -0.1) is 0 Å². The second-order valence-electron chi connectivity index (χ2n) is 4.93. The van der Waals surface area contributed by atoms with Crippen molar-refractivity contribution in [2.75, 3.05) is 7.11 Å². The maximum atomic E-state index is 11.1. The molecule has 0 unspecified atom stereocenters. The van der Waals surface area contributed by atoms with E-state index in [2.05, 4.69) is 10.1 Å². The fourth-order valence-corrected chi connectivity index (χ4v) is 2.19. The zero-order valence-corrected chi connectivity index (χ0v) is 13.1. The summed E-state index contributed by atoms with van der Waals surface area (Å²) in [6.07, 6.45) is 1.47. The number of methoxy groups -OCH3 is 1. The molecule has 2 rings (SSSR count). The van der Waals surface area contributed by atoms with Gasteiger partial charge in [0.1, 0.15) is 11.3 Å². The maximum Gasteiger partial charge on any atom is 0.279 e. The van der Waals surface area contributed by atoms with Gasteiger partial charge in [0.15, 0.2) is 6.61 Å². The molecule has 1 aromatic heterocycles. The third-order valence-electron chi connectivity index (χ3n) is 3.11. The summed E-state index contributed by atoms with van der Waals surface area (Å²) in [7, 11) is 1.45. The van der Waals surface area contributed by atoms with E-state index in [0.717, 1.165) is 11.3 Å². The summed E-state index contributed by atoms with van der Waals surface area (Å²) in [5.41, 5.74) is 2.89. The molecule has 0 amide bonds. The number of benzene rings is 1. The summed E-state index contributed by atoms with van der Waals surface area (Å²) in [6.45, 7) is 3.79. The third-order valence-corrected chi connectivity index (χ3v) is 3.11. The first-order chi connectivity index (χ1) is 11.0. The number of nitro benzene ring substituents is 1. The number of nitro groups is 1. The molecule has 0 saturated carbocycles. The van der Waals surface area contributed by atoms with Crippen LogP contribution in [0.15, 0.2) is 35.5 Å². The number of rotatable bonds is 6. The van der Waals surface area contributed by atoms with Gasteiger partial charge in [-0.25, -0.2) is 0 Å². The summed E-state index contributed by atoms with van der Waals surface area (Å²) >= 11 is 0. The molecular formula is C16H17N3O4. The highest BCUT2D eigenvalue weighted by Gasteiger charge is 2.18. The van der Waals surface area contributed by atoms with E-state index in [9.17, 15) is 10.1 Å². The smallest absolute Gasteiger partial charge is 0.279 e. The van der Waals surface area contributed by atoms with Crippen LogP contribution in [0.2, 0.25) is 0 Å². The van der Waals surface area contributed by atoms with Crippen LogP contribution in [0.25, 0.3) is 0 Å². The van der Waals surface area contributed by atoms with Crippen molar-refractivity contribution in [1.82, 2.24) is 4.98 Å². The van der Waals surface area contributed by atoms with Gasteiger partial charge in [-0.05, 0) is 37.6 Å². The molecular weight excluding hydrogens is 298 g/mol. The number of ether oxygens (including phenoxy) is 1. The molecule has 0 saturated heterocycles. The predicted octanol–water partition coefficient (Wildman–Crippen LogP) is 3.17. The van der Waals surface area contributed by atoms with Gasteiger partial charge in [0.25, 0.3) is 5.69 Å². The average Bonchev–Trinajstić information content (AvgIpc) is 2.50. The van der Waals surface area contributed by atoms with Crippen LogP contribution in [0.5, 0.6) is 5.75 Å². The van der Waals surface area contributed by atoms with E-state index in [4.69, 9.17) is 9.57 Å². The fraction of sp³-hybridized carbons (Fsp3) is 0.250. The Morgan fingerprint density at radius 3 is 2.78 bits per heavy atom. The Bertz CT molecular complexity index is 724. The van der Waals surface area contributed by atoms with Gasteiger partial charge in [0, 0.05) is 11.8 Å². The number of pyridine rings is 1. The van der Waals surface area contributed by atoms with Crippen molar-refractivity contribution >= 4 is 11.9 Å². The molecule has 0 atom stereocenters. The van der Waals surface area contributed by atoms with Crippen molar-refractivity contribution in [3.8, 4) is 5.75 Å². The minimum atomic E-state index is -0.476. The number of hydrogen-bond donors (Lipinski definition) is 0. The molecule has 1 aromatic carbocycles. The van der Waals surface area contributed by atoms with E-state index in [-0.39, 0.29) is 12.3 Å². The van der Waals surface area contributed by atoms with Crippen molar-refractivity contribution in [1.29, 1.82) is 0 Å². The Morgan fingerprint density at radius 2 is 2.13 bits per heavy atom. The van der Waals surface area contributed by atoms with E-state index in [1.165, 1.54) is 19.4 Å². The van der Waals surface area contributed by atoms with E-state index in [1.807, 2.05) is 26.0 Å². The summed E-state index contributed by atoms with van der Waals surface area (Å²) in [6, 6.07) is 8.42. The minimum Gasteiger partial charge on any atom is -0.496 e. The molecule has 0 aliphatic carbocycles. The van der Waals surface area contributed by atoms with Gasteiger partial charge in [-0.3, -0.25) is 15.1 Å². The van der Waals surface area contributed by atoms with Crippen molar-refractivity contribution < 1.29 is 14.5 Å². The summed E-state index contributed by atoms with van der Waals surface area (Å²) in [5, 5.41) is 14.9. The zero-order valence-electron chi connectivity index (χ0n) is 13.1. The third kappa shape index (κ3) is 4.26. The van der Waals surface area contributed by atoms with Gasteiger partial charge >= 0.3 is 0 Å². The number of hydrogen-bond acceptors (Lipinski definition) is 6. The van der Waals surface area contributed by atoms with Crippen molar-refractivity contribution in [2.24, 2.45) is 5.16 Å². The SMILES string of the molecule is COc1cccc([N+](=O)[O-])c1CO/N=C/c1cc(C)cc(C)n1. The van der Waals surface area contributed by atoms with Crippen LogP contribution in [0.3, 0.4) is 0 Å². The Hall–Kier alpha value is -2.96. The van der Waals surface area contributed by atoms with Gasteiger partial charge in [0.2, 0.25) is 0 Å². The van der Waals surface area contributed by atoms with Crippen molar-refractivity contribution in [2.45, 2.75) is 20.5 Å². The molecule has 0 spiro atoms. The Balaban J connectivity index is 2.12. The monoisotopic (exact) mass is 315 g/mol. The molecule has 7 heteroatoms. The molecule has 0 bridgehead atoms. The van der Waals surface area contributed by atoms with E-state index in [0.29, 0.717) is 17.0 Å². The molecule has 1 heterocycles. The minimum absolute atomic E-state index is 0.0657. The standard InChI is InChI=1S/C16H17N3O4/c1-11-7-12(2)18-13(8-11)9-17-23-10-14-15(19(20)21)5-4-6-16(14)22-3/h4-9H,10H2,1-3H3/b17-9+. The van der Waals surface area contributed by atoms with Gasteiger partial charge < -0.3 is 9.57 Å². The molecule has 0 aliphatic heterocycles. The quantitative estimate of drug-likeness (QED) is 0.464. The van der Waals surface area contributed by atoms with E-state index in [1.54, 1.807) is 12.1 Å². The fourth-order valence-electron chi connectivity index (χ4n) is 2.19. The maximum absolute atomic E-state index is 11.1. The molecule has 23 heavy (non-hydrogen) atoms. The van der Waals surface area contributed by atoms with Crippen LogP contribution >= 0.6 is 0 Å². The molecule has 7 nitrogen and oxygen atoms in total. The van der Waals surface area contributed by atoms with Crippen LogP contribution in [0.4, 0.5) is 5.69 Å². The second-order valence-corrected chi connectivity index (χ2v) is 4.93. The normalized spacial score (nSPS) is 10.7. The molecule has 0 radical (unpaired) electrons. The van der Waals surface area contributed by atoms with Crippen LogP contribution in [-0.2, 0) is 11.4 Å². The van der Waals surface area contributed by atoms with Crippen LogP contribution in [0.1, 0.15) is 22.5 Å². The van der Waals surface area contributed by atoms with Crippen molar-refractivity contribution in [3.05, 3.63) is 63.0 Å². The van der Waals surface area contributed by atoms with Gasteiger partial charge in [-0.1, -0.05) is 11.2 Å². The van der Waals surface area contributed by atoms with Crippen LogP contribution in [-0.4, -0.2) is 23.2 Å². The first kappa shape index (κ1) is 16.4. The predicted molar refractivity (Wildman–Crippen MR) is 85.7 cm³/mol. The first-order valence-corrected chi connectivity index (χ1v) is 6.92. The zero-order chi connectivity index (χ0) is 16.8. The number of aryl methyl sites for hydroxylation is 2. The molecule has 120 valence electrons. The number of oxime groups is 1. The number of aromatic nitrogens is 1. The van der Waals surface area contributed by atoms with E-state index >= 15 is 0 Å². The molecule has 2 aromatic rings. The molecule has 0 fully saturated rings. The van der Waals surface area contributed by atoms with Crippen LogP contribution < -0.4 is 4.74 Å². The topological polar surface area (TPSA) is 86.9 Å². The van der Waals surface area contributed by atoms with Crippen molar-refractivity contribution in [3.63, 3.8) is 0 Å². The summed E-state index contributed by atoms with van der Waals surface area (Å²) in [5.74, 6) is 0.388. The molecule has 0 aliphatic rings. The largest absolute Gasteiger partial charge is 0.496 e. The molecule has 0 N–H and O–H groups in total. The Labute approximate surface area is 133 Å². The highest BCUT2D eigenvalue weighted by atomic mass is 16.6. The summed E-state index contributed by atoms with van der Waals surface area (Å²) < 4.78 is 5.13. The first-order valence-electron chi connectivity index (χ1n) is 6.92. The van der Waals surface area contributed by atoms with E-state index < -0.39 is 4.92 Å². The summed E-state index contributed by atoms with van der Waals surface area (Å²) in [4.78, 5) is 20.1. The lowest BCUT2D eigenvalue weighted by atomic mass is 10.1. The lowest BCUT2D eigenvalue weighted by Crippen LogP contribution is -2.00. The van der Waals surface area contributed by atoms with Gasteiger partial charge in [-0.2, -0.15) is 0 Å².